The number of nitrogens with zero attached hydrogens (tertiary/aromatic N) is 1. The summed E-state index contributed by atoms with van der Waals surface area (Å²) in [6.07, 6.45) is 0. The number of aryl methyl sites for hydroxylation is 2. The number of hydrogen-bond donors (Lipinski definition) is 0. The minimum Gasteiger partial charge on any atom is -0.337 e. The summed E-state index contributed by atoms with van der Waals surface area (Å²) in [5.41, 5.74) is 7.18. The maximum absolute atomic E-state index is 2.61. The van der Waals surface area contributed by atoms with Gasteiger partial charge in [-0.15, -0.1) is 0 Å². The van der Waals surface area contributed by atoms with Crippen LogP contribution in [-0.2, 0) is 5.41 Å². The van der Waals surface area contributed by atoms with Crippen molar-refractivity contribution in [3.63, 3.8) is 0 Å². The number of rotatable bonds is 3. The molecule has 0 saturated heterocycles. The molecule has 0 saturated carbocycles. The van der Waals surface area contributed by atoms with Gasteiger partial charge < -0.3 is 4.90 Å². The van der Waals surface area contributed by atoms with E-state index in [1.165, 1.54) is 38.8 Å². The average Bonchev–Trinajstić information content (AvgIpc) is 2.91. The summed E-state index contributed by atoms with van der Waals surface area (Å²) in [4.78, 5) is 2.61. The lowest BCUT2D eigenvalue weighted by molar-refractivity contribution is 0.223. The van der Waals surface area contributed by atoms with Crippen molar-refractivity contribution in [2.24, 2.45) is 11.8 Å². The minimum atomic E-state index is 0.118. The molecule has 0 bridgehead atoms. The molecule has 3 atom stereocenters. The highest BCUT2D eigenvalue weighted by atomic mass is 15.2. The number of anilines is 2. The van der Waals surface area contributed by atoms with Gasteiger partial charge in [0.1, 0.15) is 0 Å². The SMILES string of the molecule is Cc1cccc2c1C(C)(C(C)C(C)C)C(C)N2c1ccc2ccccc2c1C. The van der Waals surface area contributed by atoms with E-state index in [4.69, 9.17) is 0 Å². The van der Waals surface area contributed by atoms with Crippen molar-refractivity contribution in [2.45, 2.75) is 59.9 Å². The molecule has 1 aliphatic heterocycles. The van der Waals surface area contributed by atoms with E-state index in [-0.39, 0.29) is 5.41 Å². The Bertz CT molecular complexity index is 1030. The standard InChI is InChI=1S/C27H33N/c1-17(2)20(5)27(7)21(6)28(25-14-10-11-18(3)26(25)27)24-16-15-22-12-8-9-13-23(22)19(24)4/h8-17,20-21H,1-7H3. The van der Waals surface area contributed by atoms with Crippen LogP contribution in [0.1, 0.15) is 51.3 Å². The first-order valence-corrected chi connectivity index (χ1v) is 10.7. The molecular formula is C27H33N. The largest absolute Gasteiger partial charge is 0.337 e. The Hall–Kier alpha value is -2.28. The van der Waals surface area contributed by atoms with Gasteiger partial charge in [0.15, 0.2) is 0 Å². The Morgan fingerprint density at radius 2 is 1.57 bits per heavy atom. The molecule has 3 aromatic rings. The van der Waals surface area contributed by atoms with Gasteiger partial charge in [-0.25, -0.2) is 0 Å². The third-order valence-electron chi connectivity index (χ3n) is 7.68. The molecule has 1 nitrogen and oxygen atoms in total. The second kappa shape index (κ2) is 6.65. The average molecular weight is 372 g/mol. The molecule has 0 N–H and O–H groups in total. The maximum Gasteiger partial charge on any atom is 0.0455 e. The van der Waals surface area contributed by atoms with Gasteiger partial charge in [0.2, 0.25) is 0 Å². The lowest BCUT2D eigenvalue weighted by atomic mass is 9.65. The third-order valence-corrected chi connectivity index (χ3v) is 7.68. The quantitative estimate of drug-likeness (QED) is 0.459. The fourth-order valence-corrected chi connectivity index (χ4v) is 5.56. The van der Waals surface area contributed by atoms with Crippen LogP contribution in [0.5, 0.6) is 0 Å². The fraction of sp³-hybridized carbons (Fsp3) is 0.407. The summed E-state index contributed by atoms with van der Waals surface area (Å²) in [7, 11) is 0. The zero-order chi connectivity index (χ0) is 20.2. The van der Waals surface area contributed by atoms with Crippen LogP contribution in [-0.4, -0.2) is 6.04 Å². The Morgan fingerprint density at radius 1 is 0.857 bits per heavy atom. The van der Waals surface area contributed by atoms with Crippen molar-refractivity contribution in [1.82, 2.24) is 0 Å². The predicted octanol–water partition coefficient (Wildman–Crippen LogP) is 7.55. The normalized spacial score (nSPS) is 22.7. The molecule has 0 spiro atoms. The first kappa shape index (κ1) is 19.1. The number of fused-ring (bicyclic) bond motifs is 2. The highest BCUT2D eigenvalue weighted by Gasteiger charge is 2.50. The lowest BCUT2D eigenvalue weighted by Crippen LogP contribution is -2.45. The van der Waals surface area contributed by atoms with E-state index in [0.29, 0.717) is 17.9 Å². The summed E-state index contributed by atoms with van der Waals surface area (Å²) in [5.74, 6) is 1.23. The number of benzene rings is 3. The van der Waals surface area contributed by atoms with Crippen molar-refractivity contribution in [3.05, 3.63) is 71.3 Å². The first-order chi connectivity index (χ1) is 13.3. The van der Waals surface area contributed by atoms with E-state index in [1.807, 2.05) is 0 Å². The molecule has 0 fully saturated rings. The second-order valence-corrected chi connectivity index (χ2v) is 9.26. The molecular weight excluding hydrogens is 338 g/mol. The van der Waals surface area contributed by atoms with E-state index in [0.717, 1.165) is 0 Å². The Labute approximate surface area is 170 Å². The monoisotopic (exact) mass is 371 g/mol. The molecule has 0 aliphatic carbocycles. The smallest absolute Gasteiger partial charge is 0.0455 e. The van der Waals surface area contributed by atoms with Crippen LogP contribution in [0, 0.1) is 25.7 Å². The van der Waals surface area contributed by atoms with Crippen molar-refractivity contribution >= 4 is 22.1 Å². The Balaban J connectivity index is 1.98. The highest BCUT2D eigenvalue weighted by Crippen LogP contribution is 2.55. The van der Waals surface area contributed by atoms with Crippen molar-refractivity contribution < 1.29 is 0 Å². The molecule has 0 aromatic heterocycles. The molecule has 1 aliphatic rings. The van der Waals surface area contributed by atoms with Crippen LogP contribution in [0.3, 0.4) is 0 Å². The second-order valence-electron chi connectivity index (χ2n) is 9.26. The van der Waals surface area contributed by atoms with Crippen LogP contribution in [0.25, 0.3) is 10.8 Å². The molecule has 3 aromatic carbocycles. The van der Waals surface area contributed by atoms with Gasteiger partial charge in [-0.3, -0.25) is 0 Å². The first-order valence-electron chi connectivity index (χ1n) is 10.7. The molecule has 0 radical (unpaired) electrons. The summed E-state index contributed by atoms with van der Waals surface area (Å²) in [6.45, 7) is 16.6. The summed E-state index contributed by atoms with van der Waals surface area (Å²) < 4.78 is 0. The molecule has 1 heterocycles. The molecule has 0 amide bonds. The van der Waals surface area contributed by atoms with Crippen LogP contribution in [0.2, 0.25) is 0 Å². The summed E-state index contributed by atoms with van der Waals surface area (Å²) >= 11 is 0. The molecule has 1 heteroatoms. The van der Waals surface area contributed by atoms with Gasteiger partial charge in [0, 0.05) is 22.8 Å². The Morgan fingerprint density at radius 3 is 2.29 bits per heavy atom. The maximum atomic E-state index is 2.61. The van der Waals surface area contributed by atoms with Crippen molar-refractivity contribution in [1.29, 1.82) is 0 Å². The van der Waals surface area contributed by atoms with Gasteiger partial charge in [-0.1, -0.05) is 70.2 Å². The van der Waals surface area contributed by atoms with Gasteiger partial charge in [0.25, 0.3) is 0 Å². The third kappa shape index (κ3) is 2.52. The minimum absolute atomic E-state index is 0.118. The van der Waals surface area contributed by atoms with Crippen LogP contribution >= 0.6 is 0 Å². The predicted molar refractivity (Wildman–Crippen MR) is 123 cm³/mol. The van der Waals surface area contributed by atoms with Crippen LogP contribution in [0.15, 0.2) is 54.6 Å². The molecule has 28 heavy (non-hydrogen) atoms. The lowest BCUT2D eigenvalue weighted by Gasteiger charge is -2.41. The van der Waals surface area contributed by atoms with Crippen molar-refractivity contribution in [3.8, 4) is 0 Å². The van der Waals surface area contributed by atoms with E-state index >= 15 is 0 Å². The summed E-state index contributed by atoms with van der Waals surface area (Å²) in [6, 6.07) is 20.6. The summed E-state index contributed by atoms with van der Waals surface area (Å²) in [5, 5.41) is 2.67. The molecule has 4 rings (SSSR count). The van der Waals surface area contributed by atoms with Gasteiger partial charge in [-0.05, 0) is 72.2 Å². The van der Waals surface area contributed by atoms with E-state index < -0.39 is 0 Å². The zero-order valence-corrected chi connectivity index (χ0v) is 18.4. The molecule has 146 valence electrons. The van der Waals surface area contributed by atoms with E-state index in [1.54, 1.807) is 0 Å². The van der Waals surface area contributed by atoms with Gasteiger partial charge in [0.05, 0.1) is 0 Å². The van der Waals surface area contributed by atoms with Crippen LogP contribution in [0.4, 0.5) is 11.4 Å². The fourth-order valence-electron chi connectivity index (χ4n) is 5.56. The molecule has 3 unspecified atom stereocenters. The van der Waals surface area contributed by atoms with Crippen molar-refractivity contribution in [2.75, 3.05) is 4.90 Å². The highest BCUT2D eigenvalue weighted by molar-refractivity contribution is 5.92. The van der Waals surface area contributed by atoms with Gasteiger partial charge >= 0.3 is 0 Å². The van der Waals surface area contributed by atoms with E-state index in [9.17, 15) is 0 Å². The zero-order valence-electron chi connectivity index (χ0n) is 18.4. The Kier molecular flexibility index (Phi) is 4.53. The number of hydrogen-bond acceptors (Lipinski definition) is 1. The van der Waals surface area contributed by atoms with Gasteiger partial charge in [-0.2, -0.15) is 0 Å². The van der Waals surface area contributed by atoms with Crippen LogP contribution < -0.4 is 4.90 Å². The topological polar surface area (TPSA) is 3.24 Å². The van der Waals surface area contributed by atoms with E-state index in [2.05, 4.69) is 108 Å².